The Labute approximate surface area is 331 Å². The molecule has 4 aromatic heterocycles. The molecule has 0 spiro atoms. The molecule has 0 aliphatic rings. The number of fused-ring (bicyclic) bond motifs is 2. The molecule has 0 saturated heterocycles. The van der Waals surface area contributed by atoms with Gasteiger partial charge >= 0.3 is 0 Å². The Bertz CT molecular complexity index is 2500. The number of anilines is 2. The Morgan fingerprint density at radius 2 is 1.53 bits per heavy atom. The minimum Gasteiger partial charge on any atom is -0.494 e. The van der Waals surface area contributed by atoms with Gasteiger partial charge in [-0.25, -0.2) is 15.0 Å². The maximum Gasteiger partial charge on any atom is 0.276 e. The number of aromatic nitrogens is 7. The zero-order chi connectivity index (χ0) is 41.0. The van der Waals surface area contributed by atoms with Crippen molar-refractivity contribution in [2.24, 2.45) is 11.5 Å². The fourth-order valence-electron chi connectivity index (χ4n) is 6.45. The predicted molar refractivity (Wildman–Crippen MR) is 215 cm³/mol. The predicted octanol–water partition coefficient (Wildman–Crippen LogP) is 3.82. The first-order valence-corrected chi connectivity index (χ1v) is 19.1. The number of imidazole rings is 2. The lowest BCUT2D eigenvalue weighted by molar-refractivity contribution is 0.0991. The summed E-state index contributed by atoms with van der Waals surface area (Å²) < 4.78 is 16.8. The molecule has 300 valence electrons. The van der Waals surface area contributed by atoms with Gasteiger partial charge in [0.25, 0.3) is 5.91 Å². The highest BCUT2D eigenvalue weighted by atomic mass is 32.1. The Morgan fingerprint density at radius 3 is 2.12 bits per heavy atom. The molecule has 0 fully saturated rings. The Morgan fingerprint density at radius 1 is 0.912 bits per heavy atom. The molecule has 0 saturated carbocycles. The highest BCUT2D eigenvalue weighted by molar-refractivity contribution is 7.11. The number of nitrogens with one attached hydrogen (secondary N) is 2. The maximum atomic E-state index is 13.6. The van der Waals surface area contributed by atoms with E-state index >= 15 is 0 Å². The van der Waals surface area contributed by atoms with E-state index in [0.717, 1.165) is 10.7 Å². The summed E-state index contributed by atoms with van der Waals surface area (Å²) in [5.41, 5.74) is 15.2. The lowest BCUT2D eigenvalue weighted by Crippen LogP contribution is -2.20. The fraction of sp³-hybridized carbons (Fsp3) is 0.342. The van der Waals surface area contributed by atoms with Gasteiger partial charge < -0.3 is 45.6 Å². The maximum absolute atomic E-state index is 13.6. The first-order chi connectivity index (χ1) is 27.4. The lowest BCUT2D eigenvalue weighted by Gasteiger charge is -2.16. The van der Waals surface area contributed by atoms with Crippen molar-refractivity contribution in [3.05, 3.63) is 80.6 Å². The molecule has 57 heavy (non-hydrogen) atoms. The van der Waals surface area contributed by atoms with Crippen LogP contribution in [-0.2, 0) is 26.1 Å². The fourth-order valence-corrected chi connectivity index (χ4v) is 7.41. The summed E-state index contributed by atoms with van der Waals surface area (Å²) in [6.07, 6.45) is 3.49. The molecule has 19 heteroatoms. The molecule has 8 N–H and O–H groups in total. The number of thiazole rings is 1. The van der Waals surface area contributed by atoms with Crippen molar-refractivity contribution in [2.45, 2.75) is 66.4 Å². The smallest absolute Gasteiger partial charge is 0.276 e. The summed E-state index contributed by atoms with van der Waals surface area (Å²) in [7, 11) is 1.46. The molecule has 0 aliphatic carbocycles. The number of benzene rings is 2. The van der Waals surface area contributed by atoms with Crippen molar-refractivity contribution >= 4 is 63.0 Å². The molecule has 1 unspecified atom stereocenters. The number of aryl methyl sites for hydroxylation is 4. The number of aliphatic hydroxyl groups is 2. The van der Waals surface area contributed by atoms with Gasteiger partial charge in [0, 0.05) is 43.8 Å². The second-order valence-electron chi connectivity index (χ2n) is 13.0. The molecule has 18 nitrogen and oxygen atoms in total. The topological polar surface area (TPSA) is 253 Å². The first-order valence-electron chi connectivity index (χ1n) is 18.2. The van der Waals surface area contributed by atoms with Crippen LogP contribution in [0.3, 0.4) is 0 Å². The van der Waals surface area contributed by atoms with Gasteiger partial charge in [0.05, 0.1) is 46.0 Å². The molecule has 3 amide bonds. The number of carbonyl (C=O) groups is 3. The van der Waals surface area contributed by atoms with Crippen LogP contribution in [0.1, 0.15) is 79.0 Å². The molecule has 2 aromatic carbocycles. The number of ether oxygens (including phenoxy) is 2. The van der Waals surface area contributed by atoms with Gasteiger partial charge in [-0.3, -0.25) is 24.4 Å². The van der Waals surface area contributed by atoms with Crippen LogP contribution >= 0.6 is 11.3 Å². The summed E-state index contributed by atoms with van der Waals surface area (Å²) in [6, 6.07) is 7.81. The minimum absolute atomic E-state index is 0.102. The standard InChI is InChI=1S/C38H45N11O7S/c1-6-24-32(57-21(4)41-24)36(54)45-38-43-26-17-23(34(40)52)19-29(56-14-10-13-50)31(26)48(38)12-9-8-11-47-30-25(16-22(33(39)51)18-28(30)55-5)42-37(47)44-35(53)27-15-20(3)46-49(27)7-2/h8-9,15-19,36,50,54H,6-7,10-14H2,1-5H3,(H2,39,51)(H2,40,52)(H,43,45)(H,42,44,53)/b9-8+. The number of rotatable bonds is 18. The van der Waals surface area contributed by atoms with E-state index in [1.54, 1.807) is 32.9 Å². The molecule has 6 aromatic rings. The molecule has 0 aliphatic heterocycles. The highest BCUT2D eigenvalue weighted by Crippen LogP contribution is 2.34. The van der Waals surface area contributed by atoms with Crippen LogP contribution in [0.15, 0.2) is 42.5 Å². The third kappa shape index (κ3) is 8.44. The Balaban J connectivity index is 1.41. The number of methoxy groups -OCH3 is 1. The van der Waals surface area contributed by atoms with Crippen LogP contribution < -0.4 is 31.6 Å². The Hall–Kier alpha value is -6.31. The van der Waals surface area contributed by atoms with Gasteiger partial charge in [-0.15, -0.1) is 11.3 Å². The van der Waals surface area contributed by atoms with Crippen molar-refractivity contribution in [1.29, 1.82) is 0 Å². The quantitative estimate of drug-likeness (QED) is 0.0412. The monoisotopic (exact) mass is 799 g/mol. The molecule has 1 atom stereocenters. The van der Waals surface area contributed by atoms with Crippen LogP contribution in [0.4, 0.5) is 11.9 Å². The van der Waals surface area contributed by atoms with Crippen molar-refractivity contribution in [3.8, 4) is 11.5 Å². The summed E-state index contributed by atoms with van der Waals surface area (Å²) in [6.45, 7) is 8.40. The highest BCUT2D eigenvalue weighted by Gasteiger charge is 2.24. The van der Waals surface area contributed by atoms with Crippen LogP contribution in [0, 0.1) is 13.8 Å². The van der Waals surface area contributed by atoms with Gasteiger partial charge in [0.2, 0.25) is 23.7 Å². The summed E-state index contributed by atoms with van der Waals surface area (Å²) in [5.74, 6) is -0.695. The minimum atomic E-state index is -1.16. The summed E-state index contributed by atoms with van der Waals surface area (Å²) >= 11 is 1.37. The van der Waals surface area contributed by atoms with Crippen LogP contribution in [0.2, 0.25) is 0 Å². The van der Waals surface area contributed by atoms with Gasteiger partial charge in [0.1, 0.15) is 28.2 Å². The number of primary amides is 2. The van der Waals surface area contributed by atoms with Crippen molar-refractivity contribution in [2.75, 3.05) is 31.0 Å². The molecule has 6 rings (SSSR count). The molecular formula is C38H45N11O7S. The van der Waals surface area contributed by atoms with E-state index in [4.69, 9.17) is 25.9 Å². The van der Waals surface area contributed by atoms with Gasteiger partial charge in [0.15, 0.2) is 6.23 Å². The number of hydrogen-bond donors (Lipinski definition) is 6. The molecule has 0 radical (unpaired) electrons. The van der Waals surface area contributed by atoms with Gasteiger partial charge in [-0.05, 0) is 57.5 Å². The van der Waals surface area contributed by atoms with E-state index in [-0.39, 0.29) is 49.3 Å². The number of nitrogens with zero attached hydrogens (tertiary/aromatic N) is 7. The SMILES string of the molecule is CCc1nc(C)sc1C(O)Nc1nc2cc(C(N)=O)cc(OCCCO)c2n1C/C=C/Cn1c(NC(=O)c2cc(C)nn2CC)nc2cc(C(N)=O)cc(OC)c21. The van der Waals surface area contributed by atoms with Crippen LogP contribution in [0.25, 0.3) is 22.1 Å². The first kappa shape index (κ1) is 40.4. The lowest BCUT2D eigenvalue weighted by atomic mass is 10.1. The second-order valence-corrected chi connectivity index (χ2v) is 14.2. The third-order valence-electron chi connectivity index (χ3n) is 9.05. The average molecular weight is 800 g/mol. The number of hydrogen-bond acceptors (Lipinski definition) is 13. The third-order valence-corrected chi connectivity index (χ3v) is 10.1. The van der Waals surface area contributed by atoms with Gasteiger partial charge in [-0.1, -0.05) is 19.1 Å². The van der Waals surface area contributed by atoms with Crippen molar-refractivity contribution < 1.29 is 34.1 Å². The van der Waals surface area contributed by atoms with E-state index in [1.807, 2.05) is 32.9 Å². The molecular weight excluding hydrogens is 755 g/mol. The normalized spacial score (nSPS) is 12.1. The van der Waals surface area contributed by atoms with Crippen molar-refractivity contribution in [1.82, 2.24) is 33.9 Å². The average Bonchev–Trinajstić information content (AvgIpc) is 3.95. The number of aliphatic hydroxyl groups excluding tert-OH is 2. The van der Waals surface area contributed by atoms with E-state index in [9.17, 15) is 24.6 Å². The zero-order valence-electron chi connectivity index (χ0n) is 32.2. The van der Waals surface area contributed by atoms with Gasteiger partial charge in [-0.2, -0.15) is 5.10 Å². The number of nitrogens with two attached hydrogens (primary N) is 2. The van der Waals surface area contributed by atoms with Crippen LogP contribution in [0.5, 0.6) is 11.5 Å². The Kier molecular flexibility index (Phi) is 12.2. The van der Waals surface area contributed by atoms with Crippen molar-refractivity contribution in [3.63, 3.8) is 0 Å². The van der Waals surface area contributed by atoms with E-state index < -0.39 is 23.9 Å². The number of amides is 3. The van der Waals surface area contributed by atoms with E-state index in [1.165, 1.54) is 36.6 Å². The van der Waals surface area contributed by atoms with Crippen LogP contribution in [-0.4, -0.2) is 82.1 Å². The summed E-state index contributed by atoms with van der Waals surface area (Å²) in [5, 5.41) is 32.1. The van der Waals surface area contributed by atoms with E-state index in [2.05, 4.69) is 25.7 Å². The molecule has 4 heterocycles. The summed E-state index contributed by atoms with van der Waals surface area (Å²) in [4.78, 5) is 52.7. The largest absolute Gasteiger partial charge is 0.494 e. The number of carbonyl (C=O) groups excluding carboxylic acids is 3. The van der Waals surface area contributed by atoms with E-state index in [0.29, 0.717) is 69.2 Å². The zero-order valence-corrected chi connectivity index (χ0v) is 33.0. The number of allylic oxidation sites excluding steroid dienone is 2. The molecule has 0 bridgehead atoms. The second kappa shape index (κ2) is 17.2.